The van der Waals surface area contributed by atoms with Crippen molar-refractivity contribution in [2.75, 3.05) is 7.11 Å². The zero-order chi connectivity index (χ0) is 14.8. The van der Waals surface area contributed by atoms with Crippen LogP contribution in [0.1, 0.15) is 45.8 Å². The van der Waals surface area contributed by atoms with Gasteiger partial charge in [-0.25, -0.2) is 0 Å². The number of benzene rings is 2. The first kappa shape index (κ1) is 14.6. The summed E-state index contributed by atoms with van der Waals surface area (Å²) in [5.41, 5.74) is 5.70. The smallest absolute Gasteiger partial charge is 0.119 e. The lowest BCUT2D eigenvalue weighted by atomic mass is 9.79. The van der Waals surface area contributed by atoms with Crippen LogP contribution in [0.25, 0.3) is 0 Å². The van der Waals surface area contributed by atoms with Gasteiger partial charge in [0.25, 0.3) is 0 Å². The molecule has 1 aliphatic rings. The number of ether oxygens (including phenoxy) is 1. The summed E-state index contributed by atoms with van der Waals surface area (Å²) >= 11 is 3.97. The zero-order valence-corrected chi connectivity index (χ0v) is 14.2. The standard InChI is InChI=1S/C19H21BrO/c1-13-12-15(21-2)10-11-16(13)19(20)18-9-5-7-14-6-3-4-8-17(14)18/h3-4,6,8,10-12,18-19H,5,7,9H2,1-2H3. The molecule has 2 heteroatoms. The fraction of sp³-hybridized carbons (Fsp3) is 0.368. The average Bonchev–Trinajstić information content (AvgIpc) is 2.53. The number of aryl methyl sites for hydroxylation is 2. The van der Waals surface area contributed by atoms with Crippen molar-refractivity contribution in [3.05, 3.63) is 64.7 Å². The molecule has 0 N–H and O–H groups in total. The Labute approximate surface area is 135 Å². The summed E-state index contributed by atoms with van der Waals surface area (Å²) in [7, 11) is 1.72. The molecule has 1 nitrogen and oxygen atoms in total. The Bertz CT molecular complexity index is 635. The molecule has 0 bridgehead atoms. The molecular formula is C19H21BrO. The fourth-order valence-corrected chi connectivity index (χ4v) is 4.46. The Morgan fingerprint density at radius 2 is 2.00 bits per heavy atom. The van der Waals surface area contributed by atoms with E-state index in [0.29, 0.717) is 10.7 Å². The highest BCUT2D eigenvalue weighted by Gasteiger charge is 2.27. The number of hydrogen-bond acceptors (Lipinski definition) is 1. The monoisotopic (exact) mass is 344 g/mol. The van der Waals surface area contributed by atoms with Crippen molar-refractivity contribution in [2.45, 2.75) is 36.9 Å². The third-order valence-electron chi connectivity index (χ3n) is 4.54. The number of halogens is 1. The SMILES string of the molecule is COc1ccc(C(Br)C2CCCc3ccccc32)c(C)c1. The quantitative estimate of drug-likeness (QED) is 0.662. The van der Waals surface area contributed by atoms with Crippen LogP contribution in [0.15, 0.2) is 42.5 Å². The second-order valence-corrected chi connectivity index (χ2v) is 6.81. The van der Waals surface area contributed by atoms with Crippen molar-refractivity contribution in [1.29, 1.82) is 0 Å². The molecule has 0 aliphatic heterocycles. The highest BCUT2D eigenvalue weighted by atomic mass is 79.9. The first-order valence-corrected chi connectivity index (χ1v) is 8.48. The molecule has 0 saturated carbocycles. The molecule has 0 heterocycles. The van der Waals surface area contributed by atoms with Gasteiger partial charge >= 0.3 is 0 Å². The van der Waals surface area contributed by atoms with Crippen LogP contribution in [0.5, 0.6) is 5.75 Å². The van der Waals surface area contributed by atoms with E-state index in [0.717, 1.165) is 5.75 Å². The van der Waals surface area contributed by atoms with E-state index in [4.69, 9.17) is 4.74 Å². The van der Waals surface area contributed by atoms with Crippen molar-refractivity contribution in [3.8, 4) is 5.75 Å². The van der Waals surface area contributed by atoms with Crippen molar-refractivity contribution in [3.63, 3.8) is 0 Å². The number of hydrogen-bond donors (Lipinski definition) is 0. The largest absolute Gasteiger partial charge is 0.497 e. The topological polar surface area (TPSA) is 9.23 Å². The van der Waals surface area contributed by atoms with Gasteiger partial charge in [0.05, 0.1) is 7.11 Å². The van der Waals surface area contributed by atoms with Crippen LogP contribution < -0.4 is 4.74 Å². The van der Waals surface area contributed by atoms with Crippen LogP contribution in [-0.2, 0) is 6.42 Å². The van der Waals surface area contributed by atoms with E-state index >= 15 is 0 Å². The maximum absolute atomic E-state index is 5.32. The van der Waals surface area contributed by atoms with Gasteiger partial charge < -0.3 is 4.74 Å². The summed E-state index contributed by atoms with van der Waals surface area (Å²) in [6, 6.07) is 15.3. The number of fused-ring (bicyclic) bond motifs is 1. The van der Waals surface area contributed by atoms with E-state index in [1.54, 1.807) is 7.11 Å². The maximum atomic E-state index is 5.32. The van der Waals surface area contributed by atoms with E-state index in [1.807, 2.05) is 0 Å². The van der Waals surface area contributed by atoms with Gasteiger partial charge in [-0.2, -0.15) is 0 Å². The average molecular weight is 345 g/mol. The molecule has 0 fully saturated rings. The summed E-state index contributed by atoms with van der Waals surface area (Å²) in [5.74, 6) is 1.49. The van der Waals surface area contributed by atoms with Crippen LogP contribution in [0.2, 0.25) is 0 Å². The Balaban J connectivity index is 1.94. The minimum absolute atomic E-state index is 0.366. The van der Waals surface area contributed by atoms with Gasteiger partial charge in [-0.1, -0.05) is 46.3 Å². The maximum Gasteiger partial charge on any atom is 0.119 e. The Morgan fingerprint density at radius 1 is 1.19 bits per heavy atom. The van der Waals surface area contributed by atoms with Gasteiger partial charge in [-0.3, -0.25) is 0 Å². The molecule has 0 amide bonds. The van der Waals surface area contributed by atoms with Gasteiger partial charge in [-0.05, 0) is 60.6 Å². The molecule has 0 radical (unpaired) electrons. The predicted molar refractivity (Wildman–Crippen MR) is 91.5 cm³/mol. The van der Waals surface area contributed by atoms with Gasteiger partial charge in [0.2, 0.25) is 0 Å². The number of alkyl halides is 1. The molecule has 3 rings (SSSR count). The van der Waals surface area contributed by atoms with Gasteiger partial charge in [0, 0.05) is 10.7 Å². The molecule has 0 aromatic heterocycles. The third kappa shape index (κ3) is 2.87. The highest BCUT2D eigenvalue weighted by Crippen LogP contribution is 2.46. The van der Waals surface area contributed by atoms with E-state index in [9.17, 15) is 0 Å². The first-order chi connectivity index (χ1) is 10.2. The van der Waals surface area contributed by atoms with E-state index < -0.39 is 0 Å². The van der Waals surface area contributed by atoms with Crippen LogP contribution in [0, 0.1) is 6.92 Å². The second kappa shape index (κ2) is 6.23. The Hall–Kier alpha value is -1.28. The molecule has 21 heavy (non-hydrogen) atoms. The molecule has 0 spiro atoms. The molecule has 2 unspecified atom stereocenters. The third-order valence-corrected chi connectivity index (χ3v) is 5.67. The zero-order valence-electron chi connectivity index (χ0n) is 12.6. The lowest BCUT2D eigenvalue weighted by Gasteiger charge is -2.30. The van der Waals surface area contributed by atoms with E-state index in [1.165, 1.54) is 41.5 Å². The minimum atomic E-state index is 0.366. The molecule has 2 aromatic carbocycles. The van der Waals surface area contributed by atoms with Crippen LogP contribution in [-0.4, -0.2) is 7.11 Å². The predicted octanol–water partition coefficient (Wildman–Crippen LogP) is 5.56. The van der Waals surface area contributed by atoms with Crippen molar-refractivity contribution in [1.82, 2.24) is 0 Å². The Kier molecular flexibility index (Phi) is 4.34. The van der Waals surface area contributed by atoms with E-state index in [-0.39, 0.29) is 0 Å². The van der Waals surface area contributed by atoms with Crippen LogP contribution in [0.4, 0.5) is 0 Å². The summed E-state index contributed by atoms with van der Waals surface area (Å²) in [6.07, 6.45) is 3.74. The first-order valence-electron chi connectivity index (χ1n) is 7.57. The molecular weight excluding hydrogens is 324 g/mol. The summed E-state index contributed by atoms with van der Waals surface area (Å²) in [4.78, 5) is 0.366. The van der Waals surface area contributed by atoms with Gasteiger partial charge in [0.1, 0.15) is 5.75 Å². The minimum Gasteiger partial charge on any atom is -0.497 e. The molecule has 2 atom stereocenters. The summed E-state index contributed by atoms with van der Waals surface area (Å²) in [6.45, 7) is 2.17. The molecule has 0 saturated heterocycles. The second-order valence-electron chi connectivity index (χ2n) is 5.82. The number of rotatable bonds is 3. The van der Waals surface area contributed by atoms with Crippen molar-refractivity contribution in [2.24, 2.45) is 0 Å². The van der Waals surface area contributed by atoms with Crippen LogP contribution >= 0.6 is 15.9 Å². The normalized spacial score (nSPS) is 18.9. The number of methoxy groups -OCH3 is 1. The summed E-state index contributed by atoms with van der Waals surface area (Å²) < 4.78 is 5.32. The lowest BCUT2D eigenvalue weighted by Crippen LogP contribution is -2.14. The van der Waals surface area contributed by atoms with Gasteiger partial charge in [0.15, 0.2) is 0 Å². The Morgan fingerprint density at radius 3 is 2.76 bits per heavy atom. The van der Waals surface area contributed by atoms with E-state index in [2.05, 4.69) is 65.3 Å². The lowest BCUT2D eigenvalue weighted by molar-refractivity contribution is 0.414. The van der Waals surface area contributed by atoms with Gasteiger partial charge in [-0.15, -0.1) is 0 Å². The van der Waals surface area contributed by atoms with Crippen LogP contribution in [0.3, 0.4) is 0 Å². The molecule has 2 aromatic rings. The highest BCUT2D eigenvalue weighted by molar-refractivity contribution is 9.09. The fourth-order valence-electron chi connectivity index (χ4n) is 3.40. The van der Waals surface area contributed by atoms with Crippen molar-refractivity contribution >= 4 is 15.9 Å². The van der Waals surface area contributed by atoms with Crippen molar-refractivity contribution < 1.29 is 4.74 Å². The summed E-state index contributed by atoms with van der Waals surface area (Å²) in [5, 5.41) is 0. The molecule has 1 aliphatic carbocycles. The molecule has 110 valence electrons.